The maximum absolute atomic E-state index is 13.7. The van der Waals surface area contributed by atoms with Crippen LogP contribution in [0.5, 0.6) is 0 Å². The van der Waals surface area contributed by atoms with E-state index in [2.05, 4.69) is 15.5 Å². The van der Waals surface area contributed by atoms with E-state index in [1.54, 1.807) is 23.2 Å². The van der Waals surface area contributed by atoms with Crippen molar-refractivity contribution in [1.82, 2.24) is 15.1 Å². The lowest BCUT2D eigenvalue weighted by atomic mass is 9.99. The van der Waals surface area contributed by atoms with Crippen LogP contribution in [-0.4, -0.2) is 27.5 Å². The number of carbonyl (C=O) groups excluding carboxylic acids is 1. The summed E-state index contributed by atoms with van der Waals surface area (Å²) in [4.78, 5) is 13.5. The minimum Gasteiger partial charge on any atom is -0.353 e. The van der Waals surface area contributed by atoms with E-state index in [0.29, 0.717) is 19.0 Å². The molecule has 1 aliphatic carbocycles. The van der Waals surface area contributed by atoms with Crippen molar-refractivity contribution < 1.29 is 9.18 Å². The van der Waals surface area contributed by atoms with Gasteiger partial charge in [0.25, 0.3) is 0 Å². The lowest BCUT2D eigenvalue weighted by molar-refractivity contribution is -0.129. The molecule has 126 valence electrons. The van der Waals surface area contributed by atoms with Crippen molar-refractivity contribution in [3.63, 3.8) is 0 Å². The van der Waals surface area contributed by atoms with Gasteiger partial charge >= 0.3 is 0 Å². The number of amides is 1. The highest BCUT2D eigenvalue weighted by atomic mass is 32.1. The van der Waals surface area contributed by atoms with Crippen LogP contribution in [0.3, 0.4) is 0 Å². The molecule has 0 radical (unpaired) electrons. The van der Waals surface area contributed by atoms with Gasteiger partial charge in [-0.2, -0.15) is 0 Å². The number of benzene rings is 1. The molecule has 24 heavy (non-hydrogen) atoms. The third-order valence-electron chi connectivity index (χ3n) is 4.64. The fourth-order valence-electron chi connectivity index (χ4n) is 3.13. The summed E-state index contributed by atoms with van der Waals surface area (Å²) in [7, 11) is 0. The van der Waals surface area contributed by atoms with Crippen molar-refractivity contribution in [2.24, 2.45) is 0 Å². The topological polar surface area (TPSA) is 58.1 Å². The summed E-state index contributed by atoms with van der Waals surface area (Å²) in [5.41, 5.74) is 1.88. The Bertz CT molecular complexity index is 774. The summed E-state index contributed by atoms with van der Waals surface area (Å²) in [5.74, 6) is 0.324. The van der Waals surface area contributed by atoms with E-state index in [0.717, 1.165) is 27.7 Å². The molecule has 1 unspecified atom stereocenters. The number of fused-ring (bicyclic) bond motifs is 1. The van der Waals surface area contributed by atoms with Gasteiger partial charge in [-0.15, -0.1) is 10.2 Å². The van der Waals surface area contributed by atoms with Gasteiger partial charge in [0.15, 0.2) is 0 Å². The predicted octanol–water partition coefficient (Wildman–Crippen LogP) is 3.46. The van der Waals surface area contributed by atoms with Crippen LogP contribution in [0.15, 0.2) is 18.2 Å². The number of halogens is 1. The number of aromatic nitrogens is 2. The quantitative estimate of drug-likeness (QED) is 0.925. The zero-order valence-electron chi connectivity index (χ0n) is 13.5. The smallest absolute Gasteiger partial charge is 0.219 e. The summed E-state index contributed by atoms with van der Waals surface area (Å²) < 4.78 is 13.7. The zero-order chi connectivity index (χ0) is 16.7. The summed E-state index contributed by atoms with van der Waals surface area (Å²) in [6, 6.07) is 4.83. The van der Waals surface area contributed by atoms with Crippen LogP contribution in [0.25, 0.3) is 0 Å². The summed E-state index contributed by atoms with van der Waals surface area (Å²) in [6.07, 6.45) is 3.16. The fraction of sp³-hybridized carbons (Fsp3) is 0.471. The number of hydrogen-bond donors (Lipinski definition) is 1. The molecule has 2 aliphatic rings. The number of nitrogens with zero attached hydrogens (tertiary/aromatic N) is 3. The molecule has 0 bridgehead atoms. The molecule has 2 aromatic rings. The van der Waals surface area contributed by atoms with Crippen LogP contribution in [0.1, 0.15) is 54.3 Å². The van der Waals surface area contributed by atoms with Crippen molar-refractivity contribution in [1.29, 1.82) is 0 Å². The van der Waals surface area contributed by atoms with Crippen LogP contribution < -0.4 is 5.32 Å². The van der Waals surface area contributed by atoms with Gasteiger partial charge in [0, 0.05) is 25.9 Å². The van der Waals surface area contributed by atoms with Gasteiger partial charge in [0.1, 0.15) is 10.8 Å². The van der Waals surface area contributed by atoms with E-state index in [1.165, 1.54) is 25.0 Å². The Labute approximate surface area is 143 Å². The van der Waals surface area contributed by atoms with Crippen LogP contribution in [0.2, 0.25) is 0 Å². The minimum absolute atomic E-state index is 0.00459. The third kappa shape index (κ3) is 3.13. The van der Waals surface area contributed by atoms with E-state index in [4.69, 9.17) is 0 Å². The number of nitrogens with one attached hydrogen (secondary N) is 1. The molecule has 1 saturated carbocycles. The number of rotatable bonds is 3. The molecule has 4 rings (SSSR count). The first-order chi connectivity index (χ1) is 11.6. The van der Waals surface area contributed by atoms with Crippen molar-refractivity contribution >= 4 is 22.4 Å². The molecule has 1 fully saturated rings. The van der Waals surface area contributed by atoms with Gasteiger partial charge in [-0.1, -0.05) is 17.4 Å². The average Bonchev–Trinajstić information content (AvgIpc) is 3.32. The van der Waals surface area contributed by atoms with Crippen molar-refractivity contribution in [3.8, 4) is 0 Å². The molecule has 1 aromatic heterocycles. The lowest BCUT2D eigenvalue weighted by Gasteiger charge is -2.19. The second-order valence-electron chi connectivity index (χ2n) is 6.49. The second kappa shape index (κ2) is 6.12. The summed E-state index contributed by atoms with van der Waals surface area (Å²) in [5, 5.41) is 13.8. The van der Waals surface area contributed by atoms with E-state index in [-0.39, 0.29) is 17.8 Å². The second-order valence-corrected chi connectivity index (χ2v) is 7.50. The summed E-state index contributed by atoms with van der Waals surface area (Å²) in [6.45, 7) is 2.64. The van der Waals surface area contributed by atoms with Gasteiger partial charge in [0.2, 0.25) is 11.0 Å². The first-order valence-electron chi connectivity index (χ1n) is 8.24. The molecular weight excluding hydrogens is 327 g/mol. The van der Waals surface area contributed by atoms with Gasteiger partial charge < -0.3 is 10.2 Å². The molecule has 0 spiro atoms. The Balaban J connectivity index is 1.61. The average molecular weight is 346 g/mol. The van der Waals surface area contributed by atoms with E-state index >= 15 is 0 Å². The minimum atomic E-state index is -0.273. The largest absolute Gasteiger partial charge is 0.353 e. The van der Waals surface area contributed by atoms with Gasteiger partial charge in [-0.25, -0.2) is 4.39 Å². The standard InChI is InChI=1S/C17H19FN4OS/c1-10(23)22-7-6-15(14-5-4-13(18)8-12(14)9-22)19-17-21-20-16(24-17)11-2-3-11/h4-5,8,11,15H,2-3,6-7,9H2,1H3,(H,19,21). The molecule has 1 amide bonds. The van der Waals surface area contributed by atoms with Gasteiger partial charge in [-0.05, 0) is 42.5 Å². The Hall–Kier alpha value is -2.02. The van der Waals surface area contributed by atoms with Gasteiger partial charge in [-0.3, -0.25) is 4.79 Å². The molecule has 0 saturated heterocycles. The molecule has 1 N–H and O–H groups in total. The highest BCUT2D eigenvalue weighted by molar-refractivity contribution is 7.15. The number of hydrogen-bond acceptors (Lipinski definition) is 5. The predicted molar refractivity (Wildman–Crippen MR) is 90.4 cm³/mol. The van der Waals surface area contributed by atoms with Crippen molar-refractivity contribution in [3.05, 3.63) is 40.2 Å². The third-order valence-corrected chi connectivity index (χ3v) is 5.66. The molecule has 1 aromatic carbocycles. The Morgan fingerprint density at radius 1 is 1.33 bits per heavy atom. The van der Waals surface area contributed by atoms with Crippen molar-refractivity contribution in [2.45, 2.75) is 44.7 Å². The number of carbonyl (C=O) groups is 1. The summed E-state index contributed by atoms with van der Waals surface area (Å²) >= 11 is 1.60. The van der Waals surface area contributed by atoms with Crippen LogP contribution in [0, 0.1) is 5.82 Å². The molecule has 2 heterocycles. The zero-order valence-corrected chi connectivity index (χ0v) is 14.3. The first-order valence-corrected chi connectivity index (χ1v) is 9.05. The SMILES string of the molecule is CC(=O)N1CCC(Nc2nnc(C3CC3)s2)c2ccc(F)cc2C1. The lowest BCUT2D eigenvalue weighted by Crippen LogP contribution is -2.28. The highest BCUT2D eigenvalue weighted by Crippen LogP contribution is 2.42. The molecule has 5 nitrogen and oxygen atoms in total. The van der Waals surface area contributed by atoms with E-state index in [9.17, 15) is 9.18 Å². The van der Waals surface area contributed by atoms with Crippen LogP contribution in [-0.2, 0) is 11.3 Å². The maximum atomic E-state index is 13.7. The molecule has 1 aliphatic heterocycles. The Kier molecular flexibility index (Phi) is 3.96. The van der Waals surface area contributed by atoms with E-state index in [1.807, 2.05) is 6.07 Å². The Morgan fingerprint density at radius 2 is 2.17 bits per heavy atom. The van der Waals surface area contributed by atoms with E-state index < -0.39 is 0 Å². The number of anilines is 1. The first kappa shape index (κ1) is 15.5. The monoisotopic (exact) mass is 346 g/mol. The normalized spacial score (nSPS) is 20.4. The van der Waals surface area contributed by atoms with Crippen LogP contribution >= 0.6 is 11.3 Å². The fourth-order valence-corrected chi connectivity index (χ4v) is 4.10. The highest BCUT2D eigenvalue weighted by Gasteiger charge is 2.29. The van der Waals surface area contributed by atoms with Crippen LogP contribution in [0.4, 0.5) is 9.52 Å². The Morgan fingerprint density at radius 3 is 2.92 bits per heavy atom. The molecule has 7 heteroatoms. The van der Waals surface area contributed by atoms with Crippen molar-refractivity contribution in [2.75, 3.05) is 11.9 Å². The van der Waals surface area contributed by atoms with Gasteiger partial charge in [0.05, 0.1) is 6.04 Å². The molecule has 1 atom stereocenters. The molecular formula is C17H19FN4OS. The maximum Gasteiger partial charge on any atom is 0.219 e.